The van der Waals surface area contributed by atoms with E-state index in [9.17, 15) is 0 Å². The molecule has 0 saturated heterocycles. The van der Waals surface area contributed by atoms with E-state index in [1.54, 1.807) is 5.57 Å². The molecule has 0 aromatic carbocycles. The lowest BCUT2D eigenvalue weighted by atomic mass is 10.1. The van der Waals surface area contributed by atoms with Crippen LogP contribution in [0.5, 0.6) is 0 Å². The topological polar surface area (TPSA) is 0 Å². The Kier molecular flexibility index (Phi) is 4.03. The highest BCUT2D eigenvalue weighted by Crippen LogP contribution is 2.11. The summed E-state index contributed by atoms with van der Waals surface area (Å²) in [5.41, 5.74) is 1.58. The maximum atomic E-state index is 2.40. The minimum atomic E-state index is 1.27. The molecule has 0 bridgehead atoms. The van der Waals surface area contributed by atoms with Crippen LogP contribution < -0.4 is 0 Å². The monoisotopic (exact) mass is 150 g/mol. The van der Waals surface area contributed by atoms with Gasteiger partial charge in [0.15, 0.2) is 0 Å². The molecular formula is C11H18. The second-order valence-electron chi connectivity index (χ2n) is 3.35. The van der Waals surface area contributed by atoms with Crippen LogP contribution in [-0.4, -0.2) is 0 Å². The summed E-state index contributed by atoms with van der Waals surface area (Å²) in [6, 6.07) is 0. The first-order chi connectivity index (χ1) is 5.39. The summed E-state index contributed by atoms with van der Waals surface area (Å²) in [5, 5.41) is 0. The Labute approximate surface area is 70.0 Å². The first-order valence-corrected chi connectivity index (χ1v) is 4.70. The van der Waals surface area contributed by atoms with Gasteiger partial charge in [-0.15, -0.1) is 0 Å². The molecule has 0 aliphatic heterocycles. The van der Waals surface area contributed by atoms with Gasteiger partial charge in [-0.05, 0) is 45.4 Å². The zero-order valence-electron chi connectivity index (χ0n) is 7.47. The molecule has 0 fully saturated rings. The average Bonchev–Trinajstić information content (AvgIpc) is 2.03. The van der Waals surface area contributed by atoms with Crippen LogP contribution in [0.4, 0.5) is 0 Å². The molecule has 0 nitrogen and oxygen atoms in total. The molecule has 0 aromatic rings. The SMILES string of the molecule is C/C1=C/CCC/C=C\CCC1. The van der Waals surface area contributed by atoms with E-state index in [0.29, 0.717) is 0 Å². The molecule has 1 rings (SSSR count). The zero-order valence-corrected chi connectivity index (χ0v) is 7.47. The van der Waals surface area contributed by atoms with Crippen molar-refractivity contribution in [2.24, 2.45) is 0 Å². The van der Waals surface area contributed by atoms with E-state index >= 15 is 0 Å². The third-order valence-electron chi connectivity index (χ3n) is 2.18. The predicted octanol–water partition coefficient (Wildman–Crippen LogP) is 3.84. The summed E-state index contributed by atoms with van der Waals surface area (Å²) in [4.78, 5) is 0. The van der Waals surface area contributed by atoms with E-state index in [4.69, 9.17) is 0 Å². The molecule has 0 aromatic heterocycles. The third kappa shape index (κ3) is 4.02. The van der Waals surface area contributed by atoms with Gasteiger partial charge in [-0.25, -0.2) is 0 Å². The number of allylic oxidation sites excluding steroid dienone is 4. The number of hydrogen-bond acceptors (Lipinski definition) is 0. The van der Waals surface area contributed by atoms with Crippen LogP contribution in [0, 0.1) is 0 Å². The molecule has 0 atom stereocenters. The first kappa shape index (κ1) is 8.58. The highest BCUT2D eigenvalue weighted by molar-refractivity contribution is 4.99. The second kappa shape index (κ2) is 5.17. The average molecular weight is 150 g/mol. The van der Waals surface area contributed by atoms with Gasteiger partial charge in [0.25, 0.3) is 0 Å². The molecule has 0 amide bonds. The summed E-state index contributed by atoms with van der Waals surface area (Å²) < 4.78 is 0. The fraction of sp³-hybridized carbons (Fsp3) is 0.636. The molecule has 0 unspecified atom stereocenters. The van der Waals surface area contributed by atoms with Crippen molar-refractivity contribution in [1.29, 1.82) is 0 Å². The van der Waals surface area contributed by atoms with Gasteiger partial charge in [0.05, 0.1) is 0 Å². The van der Waals surface area contributed by atoms with Crippen LogP contribution in [0.25, 0.3) is 0 Å². The quantitative estimate of drug-likeness (QED) is 0.460. The van der Waals surface area contributed by atoms with Gasteiger partial charge >= 0.3 is 0 Å². The lowest BCUT2D eigenvalue weighted by Crippen LogP contribution is -1.81. The van der Waals surface area contributed by atoms with Crippen molar-refractivity contribution < 1.29 is 0 Å². The van der Waals surface area contributed by atoms with Gasteiger partial charge in [0, 0.05) is 0 Å². The van der Waals surface area contributed by atoms with Gasteiger partial charge in [-0.3, -0.25) is 0 Å². The summed E-state index contributed by atoms with van der Waals surface area (Å²) in [5.74, 6) is 0. The highest BCUT2D eigenvalue weighted by Gasteiger charge is 1.91. The molecule has 11 heavy (non-hydrogen) atoms. The summed E-state index contributed by atoms with van der Waals surface area (Å²) in [6.45, 7) is 2.26. The lowest BCUT2D eigenvalue weighted by Gasteiger charge is -2.01. The summed E-state index contributed by atoms with van der Waals surface area (Å²) in [6.07, 6.45) is 14.8. The van der Waals surface area contributed by atoms with Crippen LogP contribution >= 0.6 is 0 Å². The van der Waals surface area contributed by atoms with Gasteiger partial charge in [0.1, 0.15) is 0 Å². The van der Waals surface area contributed by atoms with Crippen molar-refractivity contribution in [3.63, 3.8) is 0 Å². The van der Waals surface area contributed by atoms with Gasteiger partial charge in [-0.2, -0.15) is 0 Å². The molecule has 0 saturated carbocycles. The van der Waals surface area contributed by atoms with E-state index in [-0.39, 0.29) is 0 Å². The predicted molar refractivity (Wildman–Crippen MR) is 50.6 cm³/mol. The molecule has 0 N–H and O–H groups in total. The molecule has 0 spiro atoms. The first-order valence-electron chi connectivity index (χ1n) is 4.70. The van der Waals surface area contributed by atoms with Crippen LogP contribution in [-0.2, 0) is 0 Å². The van der Waals surface area contributed by atoms with Crippen LogP contribution in [0.2, 0.25) is 0 Å². The maximum absolute atomic E-state index is 2.40. The van der Waals surface area contributed by atoms with Crippen molar-refractivity contribution in [2.75, 3.05) is 0 Å². The Morgan fingerprint density at radius 3 is 2.55 bits per heavy atom. The van der Waals surface area contributed by atoms with E-state index in [0.717, 1.165) is 0 Å². The minimum Gasteiger partial charge on any atom is -0.0885 e. The number of hydrogen-bond donors (Lipinski definition) is 0. The van der Waals surface area contributed by atoms with Crippen molar-refractivity contribution >= 4 is 0 Å². The fourth-order valence-electron chi connectivity index (χ4n) is 1.42. The fourth-order valence-corrected chi connectivity index (χ4v) is 1.42. The van der Waals surface area contributed by atoms with Crippen molar-refractivity contribution in [3.05, 3.63) is 23.8 Å². The van der Waals surface area contributed by atoms with Crippen LogP contribution in [0.3, 0.4) is 0 Å². The van der Waals surface area contributed by atoms with E-state index in [1.807, 2.05) is 0 Å². The standard InChI is InChI=1S/C11H18/c1-11-9-7-5-3-2-4-6-8-10-11/h2-3,10H,4-9H2,1H3/b3-2-,11-10-. The smallest absolute Gasteiger partial charge is 0.0320 e. The zero-order chi connectivity index (χ0) is 7.94. The lowest BCUT2D eigenvalue weighted by molar-refractivity contribution is 0.789. The molecule has 1 aliphatic rings. The van der Waals surface area contributed by atoms with Crippen LogP contribution in [0.1, 0.15) is 45.4 Å². The van der Waals surface area contributed by atoms with Crippen molar-refractivity contribution in [1.82, 2.24) is 0 Å². The van der Waals surface area contributed by atoms with E-state index in [1.165, 1.54) is 38.5 Å². The molecule has 0 radical (unpaired) electrons. The third-order valence-corrected chi connectivity index (χ3v) is 2.18. The van der Waals surface area contributed by atoms with E-state index in [2.05, 4.69) is 25.2 Å². The Balaban J connectivity index is 2.34. The Bertz CT molecular complexity index is 151. The van der Waals surface area contributed by atoms with Gasteiger partial charge < -0.3 is 0 Å². The van der Waals surface area contributed by atoms with E-state index < -0.39 is 0 Å². The highest BCUT2D eigenvalue weighted by atomic mass is 14.0. The minimum absolute atomic E-state index is 1.27. The molecular weight excluding hydrogens is 132 g/mol. The molecule has 62 valence electrons. The summed E-state index contributed by atoms with van der Waals surface area (Å²) >= 11 is 0. The normalized spacial score (nSPS) is 28.6. The molecule has 0 heteroatoms. The van der Waals surface area contributed by atoms with Crippen LogP contribution in [0.15, 0.2) is 23.8 Å². The number of rotatable bonds is 0. The maximum Gasteiger partial charge on any atom is -0.0320 e. The summed E-state index contributed by atoms with van der Waals surface area (Å²) in [7, 11) is 0. The van der Waals surface area contributed by atoms with Crippen molar-refractivity contribution in [2.45, 2.75) is 45.4 Å². The van der Waals surface area contributed by atoms with Gasteiger partial charge in [-0.1, -0.05) is 23.8 Å². The molecule has 1 aliphatic carbocycles. The Morgan fingerprint density at radius 1 is 1.00 bits per heavy atom. The Hall–Kier alpha value is -0.520. The molecule has 0 heterocycles. The second-order valence-corrected chi connectivity index (χ2v) is 3.35. The van der Waals surface area contributed by atoms with Gasteiger partial charge in [0.2, 0.25) is 0 Å². The Morgan fingerprint density at radius 2 is 1.73 bits per heavy atom. The van der Waals surface area contributed by atoms with Crippen molar-refractivity contribution in [3.8, 4) is 0 Å². The largest absolute Gasteiger partial charge is 0.0885 e.